The second-order valence-electron chi connectivity index (χ2n) is 2.75. The Labute approximate surface area is 74.3 Å². The maximum atomic E-state index is 11.2. The molecule has 1 atom stereocenters. The molecule has 1 aliphatic rings. The van der Waals surface area contributed by atoms with Crippen LogP contribution in [0.5, 0.6) is 0 Å². The van der Waals surface area contributed by atoms with E-state index in [-0.39, 0.29) is 12.8 Å². The predicted octanol–water partition coefficient (Wildman–Crippen LogP) is -2.02. The van der Waals surface area contributed by atoms with Crippen molar-refractivity contribution in [3.8, 4) is 0 Å². The van der Waals surface area contributed by atoms with Crippen molar-refractivity contribution < 1.29 is 19.5 Å². The van der Waals surface area contributed by atoms with Gasteiger partial charge in [-0.2, -0.15) is 0 Å². The van der Waals surface area contributed by atoms with Crippen LogP contribution in [-0.4, -0.2) is 40.4 Å². The third-order valence-electron chi connectivity index (χ3n) is 1.79. The molecular formula is C7H10N2O4. The van der Waals surface area contributed by atoms with Crippen molar-refractivity contribution in [1.29, 1.82) is 0 Å². The summed E-state index contributed by atoms with van der Waals surface area (Å²) in [6.45, 7) is -0.574. The smallest absolute Gasteiger partial charge is 0.255 e. The molecule has 0 aromatic rings. The van der Waals surface area contributed by atoms with Crippen molar-refractivity contribution in [2.75, 3.05) is 6.61 Å². The van der Waals surface area contributed by atoms with E-state index < -0.39 is 30.4 Å². The van der Waals surface area contributed by atoms with Crippen molar-refractivity contribution >= 4 is 17.7 Å². The van der Waals surface area contributed by atoms with E-state index in [1.54, 1.807) is 0 Å². The Morgan fingerprint density at radius 2 is 1.92 bits per heavy atom. The topological polar surface area (TPSA) is 101 Å². The monoisotopic (exact) mass is 186 g/mol. The van der Waals surface area contributed by atoms with Crippen LogP contribution in [0.25, 0.3) is 0 Å². The molecule has 1 aliphatic heterocycles. The van der Waals surface area contributed by atoms with E-state index in [4.69, 9.17) is 10.8 Å². The number of hydrogen-bond donors (Lipinski definition) is 2. The van der Waals surface area contributed by atoms with Crippen LogP contribution in [0.1, 0.15) is 12.8 Å². The molecule has 6 heteroatoms. The van der Waals surface area contributed by atoms with Gasteiger partial charge in [-0.3, -0.25) is 14.4 Å². The number of imide groups is 3. The third-order valence-corrected chi connectivity index (χ3v) is 1.79. The molecule has 1 heterocycles. The average molecular weight is 186 g/mol. The molecule has 1 unspecified atom stereocenters. The zero-order chi connectivity index (χ0) is 10.0. The van der Waals surface area contributed by atoms with Gasteiger partial charge in [0.25, 0.3) is 5.91 Å². The number of amides is 3. The molecule has 0 radical (unpaired) electrons. The number of carbonyl (C=O) groups excluding carboxylic acids is 3. The minimum absolute atomic E-state index is 0.0444. The zero-order valence-electron chi connectivity index (χ0n) is 6.90. The Bertz CT molecular complexity index is 247. The van der Waals surface area contributed by atoms with E-state index in [0.717, 1.165) is 0 Å². The summed E-state index contributed by atoms with van der Waals surface area (Å²) in [5.41, 5.74) is 5.18. The molecule has 0 spiro atoms. The summed E-state index contributed by atoms with van der Waals surface area (Å²) in [7, 11) is 0. The lowest BCUT2D eigenvalue weighted by molar-refractivity contribution is -0.150. The Hall–Kier alpha value is -1.27. The van der Waals surface area contributed by atoms with E-state index in [1.807, 2.05) is 0 Å². The molecule has 3 N–H and O–H groups in total. The van der Waals surface area contributed by atoms with Gasteiger partial charge in [0.2, 0.25) is 11.8 Å². The number of aliphatic hydroxyl groups excluding tert-OH is 1. The van der Waals surface area contributed by atoms with Crippen LogP contribution in [-0.2, 0) is 14.4 Å². The van der Waals surface area contributed by atoms with Crippen molar-refractivity contribution in [3.05, 3.63) is 0 Å². The third kappa shape index (κ3) is 1.73. The van der Waals surface area contributed by atoms with Crippen LogP contribution in [0.4, 0.5) is 0 Å². The number of hydrogen-bond acceptors (Lipinski definition) is 5. The summed E-state index contributed by atoms with van der Waals surface area (Å²) in [5, 5.41) is 8.54. The van der Waals surface area contributed by atoms with E-state index in [9.17, 15) is 14.4 Å². The van der Waals surface area contributed by atoms with E-state index in [0.29, 0.717) is 4.90 Å². The van der Waals surface area contributed by atoms with Gasteiger partial charge in [-0.05, 0) is 0 Å². The van der Waals surface area contributed by atoms with Crippen LogP contribution in [0.3, 0.4) is 0 Å². The summed E-state index contributed by atoms with van der Waals surface area (Å²) in [5.74, 6) is -1.91. The lowest BCUT2D eigenvalue weighted by atomic mass is 10.3. The van der Waals surface area contributed by atoms with E-state index in [1.165, 1.54) is 0 Å². The molecule has 3 amide bonds. The normalized spacial score (nSPS) is 19.4. The van der Waals surface area contributed by atoms with Crippen LogP contribution >= 0.6 is 0 Å². The molecule has 0 aromatic carbocycles. The minimum Gasteiger partial charge on any atom is -0.394 e. The summed E-state index contributed by atoms with van der Waals surface area (Å²) < 4.78 is 0. The van der Waals surface area contributed by atoms with Gasteiger partial charge in [-0.1, -0.05) is 0 Å². The fraction of sp³-hybridized carbons (Fsp3) is 0.571. The fourth-order valence-electron chi connectivity index (χ4n) is 1.07. The molecule has 0 saturated carbocycles. The number of nitrogens with two attached hydrogens (primary N) is 1. The zero-order valence-corrected chi connectivity index (χ0v) is 6.90. The fourth-order valence-corrected chi connectivity index (χ4v) is 1.07. The number of aliphatic hydroxyl groups is 1. The molecule has 1 saturated heterocycles. The van der Waals surface area contributed by atoms with Gasteiger partial charge >= 0.3 is 0 Å². The first-order valence-corrected chi connectivity index (χ1v) is 3.84. The van der Waals surface area contributed by atoms with Gasteiger partial charge in [0.05, 0.1) is 6.61 Å². The highest BCUT2D eigenvalue weighted by Crippen LogP contribution is 2.12. The summed E-state index contributed by atoms with van der Waals surface area (Å²) in [6.07, 6.45) is 0.0887. The highest BCUT2D eigenvalue weighted by Gasteiger charge is 2.36. The highest BCUT2D eigenvalue weighted by atomic mass is 16.3. The summed E-state index contributed by atoms with van der Waals surface area (Å²) in [6, 6.07) is -1.19. The van der Waals surface area contributed by atoms with Crippen LogP contribution in [0.2, 0.25) is 0 Å². The molecule has 6 nitrogen and oxygen atoms in total. The second kappa shape index (κ2) is 3.63. The SMILES string of the molecule is NC(CO)C(=O)N1C(=O)CCC1=O. The van der Waals surface area contributed by atoms with Crippen LogP contribution in [0.15, 0.2) is 0 Å². The molecule has 72 valence electrons. The summed E-state index contributed by atoms with van der Waals surface area (Å²) in [4.78, 5) is 33.7. The van der Waals surface area contributed by atoms with Crippen LogP contribution < -0.4 is 5.73 Å². The molecular weight excluding hydrogens is 176 g/mol. The minimum atomic E-state index is -1.19. The molecule has 1 rings (SSSR count). The van der Waals surface area contributed by atoms with Gasteiger partial charge in [0.15, 0.2) is 0 Å². The van der Waals surface area contributed by atoms with Crippen LogP contribution in [0, 0.1) is 0 Å². The largest absolute Gasteiger partial charge is 0.394 e. The van der Waals surface area contributed by atoms with Crippen molar-refractivity contribution in [2.45, 2.75) is 18.9 Å². The molecule has 0 aliphatic carbocycles. The number of likely N-dealkylation sites (tertiary alicyclic amines) is 1. The van der Waals surface area contributed by atoms with Crippen molar-refractivity contribution in [3.63, 3.8) is 0 Å². The van der Waals surface area contributed by atoms with E-state index >= 15 is 0 Å². The molecule has 0 aromatic heterocycles. The maximum absolute atomic E-state index is 11.2. The second-order valence-corrected chi connectivity index (χ2v) is 2.75. The first kappa shape index (κ1) is 9.82. The quantitative estimate of drug-likeness (QED) is 0.485. The predicted molar refractivity (Wildman–Crippen MR) is 41.2 cm³/mol. The van der Waals surface area contributed by atoms with Gasteiger partial charge in [-0.25, -0.2) is 4.90 Å². The number of rotatable bonds is 2. The Morgan fingerprint density at radius 3 is 2.31 bits per heavy atom. The van der Waals surface area contributed by atoms with E-state index in [2.05, 4.69) is 0 Å². The van der Waals surface area contributed by atoms with Gasteiger partial charge in [0, 0.05) is 12.8 Å². The van der Waals surface area contributed by atoms with Gasteiger partial charge in [0.1, 0.15) is 6.04 Å². The highest BCUT2D eigenvalue weighted by molar-refractivity contribution is 6.16. The number of nitrogens with zero attached hydrogens (tertiary/aromatic N) is 1. The Morgan fingerprint density at radius 1 is 1.46 bits per heavy atom. The first-order chi connectivity index (χ1) is 6.07. The molecule has 1 fully saturated rings. The van der Waals surface area contributed by atoms with Gasteiger partial charge < -0.3 is 10.8 Å². The first-order valence-electron chi connectivity index (χ1n) is 3.84. The van der Waals surface area contributed by atoms with Gasteiger partial charge in [-0.15, -0.1) is 0 Å². The molecule has 13 heavy (non-hydrogen) atoms. The number of carbonyl (C=O) groups is 3. The Kier molecular flexibility index (Phi) is 2.74. The molecule has 0 bridgehead atoms. The average Bonchev–Trinajstić information content (AvgIpc) is 2.44. The standard InChI is InChI=1S/C7H10N2O4/c8-4(3-10)7(13)9-5(11)1-2-6(9)12/h4,10H,1-3,8H2. The van der Waals surface area contributed by atoms with Crippen molar-refractivity contribution in [1.82, 2.24) is 4.90 Å². The lowest BCUT2D eigenvalue weighted by Crippen LogP contribution is -2.47. The summed E-state index contributed by atoms with van der Waals surface area (Å²) >= 11 is 0. The lowest BCUT2D eigenvalue weighted by Gasteiger charge is -2.14. The maximum Gasteiger partial charge on any atom is 0.255 e. The Balaban J connectivity index is 2.75. The van der Waals surface area contributed by atoms with Crippen molar-refractivity contribution in [2.24, 2.45) is 5.73 Å².